The molecule has 0 bridgehead atoms. The number of halogens is 1. The van der Waals surface area contributed by atoms with Crippen LogP contribution in [0.5, 0.6) is 0 Å². The van der Waals surface area contributed by atoms with Crippen molar-refractivity contribution in [1.82, 2.24) is 14.7 Å². The first-order valence-corrected chi connectivity index (χ1v) is 8.44. The maximum atomic E-state index is 12.6. The van der Waals surface area contributed by atoms with Crippen LogP contribution in [0, 0.1) is 13.8 Å². The highest BCUT2D eigenvalue weighted by molar-refractivity contribution is 6.31. The normalized spacial score (nSPS) is 18.4. The smallest absolute Gasteiger partial charge is 0.289 e. The number of carbonyl (C=O) groups is 1. The summed E-state index contributed by atoms with van der Waals surface area (Å²) in [6.07, 6.45) is 3.31. The van der Waals surface area contributed by atoms with Gasteiger partial charge in [0.1, 0.15) is 5.76 Å². The SMILES string of the molecule is Cc1nn(Cc2ccc(C(=O)N3CCCC[C@@H]3C)o2)c(C)c1Cl. The van der Waals surface area contributed by atoms with E-state index < -0.39 is 0 Å². The van der Waals surface area contributed by atoms with Crippen molar-refractivity contribution < 1.29 is 9.21 Å². The quantitative estimate of drug-likeness (QED) is 0.857. The van der Waals surface area contributed by atoms with Crippen LogP contribution in [-0.4, -0.2) is 33.2 Å². The number of rotatable bonds is 3. The van der Waals surface area contributed by atoms with Gasteiger partial charge >= 0.3 is 0 Å². The van der Waals surface area contributed by atoms with Crippen molar-refractivity contribution in [2.45, 2.75) is 52.6 Å². The van der Waals surface area contributed by atoms with Gasteiger partial charge in [-0.15, -0.1) is 0 Å². The first kappa shape index (κ1) is 16.1. The molecule has 1 amide bonds. The van der Waals surface area contributed by atoms with Gasteiger partial charge in [0, 0.05) is 12.6 Å². The molecule has 0 saturated carbocycles. The van der Waals surface area contributed by atoms with Gasteiger partial charge < -0.3 is 9.32 Å². The van der Waals surface area contributed by atoms with Gasteiger partial charge in [-0.3, -0.25) is 9.48 Å². The topological polar surface area (TPSA) is 51.3 Å². The number of likely N-dealkylation sites (tertiary alicyclic amines) is 1. The van der Waals surface area contributed by atoms with Crippen LogP contribution in [0.25, 0.3) is 0 Å². The van der Waals surface area contributed by atoms with Crippen molar-refractivity contribution in [3.63, 3.8) is 0 Å². The van der Waals surface area contributed by atoms with Crippen molar-refractivity contribution in [3.05, 3.63) is 40.1 Å². The summed E-state index contributed by atoms with van der Waals surface area (Å²) in [4.78, 5) is 14.5. The van der Waals surface area contributed by atoms with Crippen LogP contribution < -0.4 is 0 Å². The maximum Gasteiger partial charge on any atom is 0.289 e. The van der Waals surface area contributed by atoms with E-state index >= 15 is 0 Å². The van der Waals surface area contributed by atoms with E-state index in [9.17, 15) is 4.79 Å². The number of amides is 1. The molecule has 23 heavy (non-hydrogen) atoms. The van der Waals surface area contributed by atoms with Gasteiger partial charge in [-0.05, 0) is 52.2 Å². The molecule has 0 unspecified atom stereocenters. The van der Waals surface area contributed by atoms with Crippen LogP contribution in [-0.2, 0) is 6.54 Å². The summed E-state index contributed by atoms with van der Waals surface area (Å²) in [5.74, 6) is 1.09. The van der Waals surface area contributed by atoms with Crippen molar-refractivity contribution in [2.24, 2.45) is 0 Å². The molecular formula is C17H22ClN3O2. The molecule has 1 fully saturated rings. The second kappa shape index (κ2) is 6.40. The van der Waals surface area contributed by atoms with Gasteiger partial charge in [-0.25, -0.2) is 0 Å². The van der Waals surface area contributed by atoms with E-state index in [1.807, 2.05) is 24.8 Å². The van der Waals surface area contributed by atoms with E-state index in [0.717, 1.165) is 30.8 Å². The minimum Gasteiger partial charge on any atom is -0.454 e. The Labute approximate surface area is 141 Å². The highest BCUT2D eigenvalue weighted by atomic mass is 35.5. The Bertz CT molecular complexity index is 719. The molecule has 3 heterocycles. The monoisotopic (exact) mass is 335 g/mol. The number of furan rings is 1. The van der Waals surface area contributed by atoms with Crippen LogP contribution in [0.1, 0.15) is 53.9 Å². The molecule has 5 nitrogen and oxygen atoms in total. The summed E-state index contributed by atoms with van der Waals surface area (Å²) in [6.45, 7) is 7.18. The van der Waals surface area contributed by atoms with Gasteiger partial charge in [0.2, 0.25) is 0 Å². The lowest BCUT2D eigenvalue weighted by molar-refractivity contribution is 0.0601. The Morgan fingerprint density at radius 1 is 1.39 bits per heavy atom. The number of hydrogen-bond donors (Lipinski definition) is 0. The Kier molecular flexibility index (Phi) is 4.48. The lowest BCUT2D eigenvalue weighted by Crippen LogP contribution is -2.41. The molecule has 0 N–H and O–H groups in total. The molecule has 6 heteroatoms. The third kappa shape index (κ3) is 3.15. The highest BCUT2D eigenvalue weighted by Gasteiger charge is 2.26. The average molecular weight is 336 g/mol. The molecular weight excluding hydrogens is 314 g/mol. The number of nitrogens with zero attached hydrogens (tertiary/aromatic N) is 3. The first-order chi connectivity index (χ1) is 11.0. The summed E-state index contributed by atoms with van der Waals surface area (Å²) in [6, 6.07) is 3.87. The fourth-order valence-electron chi connectivity index (χ4n) is 3.10. The largest absolute Gasteiger partial charge is 0.454 e. The van der Waals surface area contributed by atoms with Crippen LogP contribution >= 0.6 is 11.6 Å². The number of aryl methyl sites for hydroxylation is 1. The molecule has 0 aromatic carbocycles. The minimum absolute atomic E-state index is 0.0187. The minimum atomic E-state index is -0.0187. The van der Waals surface area contributed by atoms with Crippen LogP contribution in [0.3, 0.4) is 0 Å². The second-order valence-electron chi connectivity index (χ2n) is 6.25. The second-order valence-corrected chi connectivity index (χ2v) is 6.63. The van der Waals surface area contributed by atoms with Gasteiger partial charge in [0.15, 0.2) is 5.76 Å². The Balaban J connectivity index is 1.75. The molecule has 0 radical (unpaired) electrons. The molecule has 2 aromatic heterocycles. The lowest BCUT2D eigenvalue weighted by Gasteiger charge is -2.32. The van der Waals surface area contributed by atoms with Crippen LogP contribution in [0.2, 0.25) is 5.02 Å². The molecule has 1 saturated heterocycles. The summed E-state index contributed by atoms with van der Waals surface area (Å²) < 4.78 is 7.56. The van der Waals surface area contributed by atoms with E-state index in [2.05, 4.69) is 12.0 Å². The summed E-state index contributed by atoms with van der Waals surface area (Å²) in [5, 5.41) is 5.07. The average Bonchev–Trinajstić information content (AvgIpc) is 3.09. The van der Waals surface area contributed by atoms with E-state index in [1.165, 1.54) is 6.42 Å². The third-order valence-electron chi connectivity index (χ3n) is 4.54. The van der Waals surface area contributed by atoms with E-state index in [-0.39, 0.29) is 11.9 Å². The van der Waals surface area contributed by atoms with Crippen molar-refractivity contribution in [1.29, 1.82) is 0 Å². The molecule has 0 aliphatic carbocycles. The molecule has 124 valence electrons. The van der Waals surface area contributed by atoms with Gasteiger partial charge in [-0.1, -0.05) is 11.6 Å². The lowest BCUT2D eigenvalue weighted by atomic mass is 10.0. The summed E-state index contributed by atoms with van der Waals surface area (Å²) in [5.41, 5.74) is 1.70. The van der Waals surface area contributed by atoms with E-state index in [1.54, 1.807) is 10.7 Å². The molecule has 1 aliphatic rings. The van der Waals surface area contributed by atoms with Gasteiger partial charge in [0.05, 0.1) is 23.0 Å². The van der Waals surface area contributed by atoms with Crippen LogP contribution in [0.15, 0.2) is 16.5 Å². The van der Waals surface area contributed by atoms with Crippen molar-refractivity contribution >= 4 is 17.5 Å². The standard InChI is InChI=1S/C17H22ClN3O2/c1-11-6-4-5-9-20(11)17(22)15-8-7-14(23-15)10-21-13(3)16(18)12(2)19-21/h7-8,11H,4-6,9-10H2,1-3H3/t11-/m0/s1. The van der Waals surface area contributed by atoms with Gasteiger partial charge in [0.25, 0.3) is 5.91 Å². The first-order valence-electron chi connectivity index (χ1n) is 8.06. The molecule has 2 aromatic rings. The maximum absolute atomic E-state index is 12.6. The van der Waals surface area contributed by atoms with Crippen molar-refractivity contribution in [3.8, 4) is 0 Å². The molecule has 3 rings (SSSR count). The fourth-order valence-corrected chi connectivity index (χ4v) is 3.23. The summed E-state index contributed by atoms with van der Waals surface area (Å²) in [7, 11) is 0. The predicted octanol–water partition coefficient (Wildman–Crippen LogP) is 3.81. The number of piperidine rings is 1. The zero-order valence-corrected chi connectivity index (χ0v) is 14.6. The third-order valence-corrected chi connectivity index (χ3v) is 5.08. The summed E-state index contributed by atoms with van der Waals surface area (Å²) >= 11 is 6.16. The Morgan fingerprint density at radius 2 is 2.17 bits per heavy atom. The Morgan fingerprint density at radius 3 is 2.83 bits per heavy atom. The molecule has 1 aliphatic heterocycles. The predicted molar refractivity (Wildman–Crippen MR) is 88.9 cm³/mol. The molecule has 1 atom stereocenters. The zero-order valence-electron chi connectivity index (χ0n) is 13.8. The van der Waals surface area contributed by atoms with Gasteiger partial charge in [-0.2, -0.15) is 5.10 Å². The van der Waals surface area contributed by atoms with E-state index in [4.69, 9.17) is 16.0 Å². The number of aromatic nitrogens is 2. The fraction of sp³-hybridized carbons (Fsp3) is 0.529. The molecule has 0 spiro atoms. The zero-order chi connectivity index (χ0) is 16.6. The van der Waals surface area contributed by atoms with Crippen molar-refractivity contribution in [2.75, 3.05) is 6.54 Å². The Hall–Kier alpha value is -1.75. The van der Waals surface area contributed by atoms with Crippen LogP contribution in [0.4, 0.5) is 0 Å². The highest BCUT2D eigenvalue weighted by Crippen LogP contribution is 2.22. The number of carbonyl (C=O) groups excluding carboxylic acids is 1. The van der Waals surface area contributed by atoms with E-state index in [0.29, 0.717) is 23.1 Å². The number of hydrogen-bond acceptors (Lipinski definition) is 3.